The van der Waals surface area contributed by atoms with Crippen molar-refractivity contribution in [1.29, 1.82) is 0 Å². The average molecular weight is 285 g/mol. The van der Waals surface area contributed by atoms with Crippen LogP contribution in [-0.4, -0.2) is 22.4 Å². The molecule has 108 valence electrons. The molecule has 0 saturated heterocycles. The smallest absolute Gasteiger partial charge is 0.272 e. The second-order valence-corrected chi connectivity index (χ2v) is 5.18. The van der Waals surface area contributed by atoms with Gasteiger partial charge >= 0.3 is 0 Å². The van der Waals surface area contributed by atoms with Crippen LogP contribution in [-0.2, 0) is 9.63 Å². The van der Waals surface area contributed by atoms with Crippen LogP contribution in [0.3, 0.4) is 0 Å². The Labute approximate surface area is 121 Å². The lowest BCUT2D eigenvalue weighted by molar-refractivity contribution is -0.136. The van der Waals surface area contributed by atoms with E-state index in [1.165, 1.54) is 0 Å². The van der Waals surface area contributed by atoms with Crippen LogP contribution in [0.2, 0.25) is 0 Å². The lowest BCUT2D eigenvalue weighted by Gasteiger charge is -2.19. The number of anilines is 1. The lowest BCUT2D eigenvalue weighted by Crippen LogP contribution is -2.40. The Kier molecular flexibility index (Phi) is 3.21. The van der Waals surface area contributed by atoms with Crippen molar-refractivity contribution in [3.8, 4) is 0 Å². The van der Waals surface area contributed by atoms with Gasteiger partial charge in [0.1, 0.15) is 5.76 Å². The molecule has 0 unspecified atom stereocenters. The average Bonchev–Trinajstić information content (AvgIpc) is 3.07. The zero-order chi connectivity index (χ0) is 14.9. The predicted molar refractivity (Wildman–Crippen MR) is 77.0 cm³/mol. The van der Waals surface area contributed by atoms with Gasteiger partial charge in [-0.3, -0.25) is 4.79 Å². The molecular weight excluding hydrogens is 270 g/mol. The number of nitrogens with zero attached hydrogens (tertiary/aromatic N) is 2. The summed E-state index contributed by atoms with van der Waals surface area (Å²) in [6.45, 7) is 3.46. The summed E-state index contributed by atoms with van der Waals surface area (Å²) in [4.78, 5) is 17.7. The highest BCUT2D eigenvalue weighted by atomic mass is 16.7. The summed E-state index contributed by atoms with van der Waals surface area (Å²) in [5.41, 5.74) is 0.661. The number of carbonyl (C=O) groups excluding carboxylic acids is 1. The second kappa shape index (κ2) is 5.05. The highest BCUT2D eigenvalue weighted by molar-refractivity contribution is 6.07. The molecule has 6 heteroatoms. The van der Waals surface area contributed by atoms with Crippen LogP contribution in [0.15, 0.2) is 46.1 Å². The van der Waals surface area contributed by atoms with Crippen LogP contribution in [0.1, 0.15) is 24.7 Å². The van der Waals surface area contributed by atoms with E-state index in [4.69, 9.17) is 9.36 Å². The third kappa shape index (κ3) is 2.65. The van der Waals surface area contributed by atoms with Crippen LogP contribution < -0.4 is 5.32 Å². The maximum absolute atomic E-state index is 12.3. The fourth-order valence-electron chi connectivity index (χ4n) is 2.12. The topological polar surface area (TPSA) is 76.7 Å². The van der Waals surface area contributed by atoms with Crippen molar-refractivity contribution < 1.29 is 14.2 Å². The van der Waals surface area contributed by atoms with E-state index in [-0.39, 0.29) is 5.91 Å². The van der Waals surface area contributed by atoms with Crippen molar-refractivity contribution >= 4 is 17.4 Å². The molecule has 3 rings (SSSR count). The van der Waals surface area contributed by atoms with Crippen LogP contribution in [0.4, 0.5) is 5.82 Å². The van der Waals surface area contributed by atoms with Gasteiger partial charge in [-0.1, -0.05) is 40.6 Å². The summed E-state index contributed by atoms with van der Waals surface area (Å²) < 4.78 is 4.92. The Hall–Kier alpha value is -2.63. The fourth-order valence-corrected chi connectivity index (χ4v) is 2.12. The minimum atomic E-state index is -1.04. The molecule has 0 saturated carbocycles. The summed E-state index contributed by atoms with van der Waals surface area (Å²) in [5, 5.41) is 10.4. The molecule has 1 aromatic carbocycles. The molecule has 0 radical (unpaired) electrons. The Morgan fingerprint density at radius 1 is 1.33 bits per heavy atom. The molecule has 2 heterocycles. The van der Waals surface area contributed by atoms with Crippen LogP contribution in [0.5, 0.6) is 0 Å². The van der Waals surface area contributed by atoms with Crippen molar-refractivity contribution in [2.75, 3.05) is 5.32 Å². The first-order chi connectivity index (χ1) is 10.1. The van der Waals surface area contributed by atoms with E-state index in [0.717, 1.165) is 11.3 Å². The van der Waals surface area contributed by atoms with Crippen molar-refractivity contribution in [3.63, 3.8) is 0 Å². The third-order valence-corrected chi connectivity index (χ3v) is 3.32. The highest BCUT2D eigenvalue weighted by Gasteiger charge is 2.42. The zero-order valence-corrected chi connectivity index (χ0v) is 11.8. The minimum Gasteiger partial charge on any atom is -0.379 e. The number of carbonyl (C=O) groups is 1. The van der Waals surface area contributed by atoms with Crippen LogP contribution >= 0.6 is 0 Å². The van der Waals surface area contributed by atoms with Gasteiger partial charge in [0.25, 0.3) is 5.91 Å². The largest absolute Gasteiger partial charge is 0.379 e. The summed E-state index contributed by atoms with van der Waals surface area (Å²) in [5.74, 6) is 0.699. The van der Waals surface area contributed by atoms with E-state index in [9.17, 15) is 4.79 Å². The van der Waals surface area contributed by atoms with E-state index in [0.29, 0.717) is 18.0 Å². The lowest BCUT2D eigenvalue weighted by atomic mass is 9.95. The normalized spacial score (nSPS) is 20.8. The number of nitrogens with one attached hydrogen (secondary N) is 1. The SMILES string of the molecule is Cc1cc(NC(=O)[C@@]2(C)CC(c3ccccc3)=NO2)no1. The molecule has 1 aromatic heterocycles. The van der Waals surface area contributed by atoms with Gasteiger partial charge in [-0.05, 0) is 19.4 Å². The minimum absolute atomic E-state index is 0.300. The number of aryl methyl sites for hydroxylation is 1. The van der Waals surface area contributed by atoms with Gasteiger partial charge in [0, 0.05) is 12.5 Å². The number of aromatic nitrogens is 1. The molecule has 1 aliphatic heterocycles. The Morgan fingerprint density at radius 3 is 2.76 bits per heavy atom. The zero-order valence-electron chi connectivity index (χ0n) is 11.8. The van der Waals surface area contributed by atoms with E-state index < -0.39 is 5.60 Å². The number of amides is 1. The number of benzene rings is 1. The van der Waals surface area contributed by atoms with Gasteiger partial charge in [0.2, 0.25) is 5.60 Å². The second-order valence-electron chi connectivity index (χ2n) is 5.18. The fraction of sp³-hybridized carbons (Fsp3) is 0.267. The van der Waals surface area contributed by atoms with Crippen molar-refractivity contribution in [1.82, 2.24) is 5.16 Å². The number of hydrogen-bond donors (Lipinski definition) is 1. The predicted octanol–water partition coefficient (Wildman–Crippen LogP) is 2.50. The van der Waals surface area contributed by atoms with Crippen molar-refractivity contribution in [3.05, 3.63) is 47.7 Å². The number of hydrogen-bond acceptors (Lipinski definition) is 5. The van der Waals surface area contributed by atoms with Crippen molar-refractivity contribution in [2.24, 2.45) is 5.16 Å². The molecular formula is C15H15N3O3. The maximum Gasteiger partial charge on any atom is 0.272 e. The Balaban J connectivity index is 1.71. The Bertz CT molecular complexity index is 693. The van der Waals surface area contributed by atoms with E-state index >= 15 is 0 Å². The summed E-state index contributed by atoms with van der Waals surface area (Å²) in [7, 11) is 0. The first-order valence-electron chi connectivity index (χ1n) is 6.62. The third-order valence-electron chi connectivity index (χ3n) is 3.32. The maximum atomic E-state index is 12.3. The van der Waals surface area contributed by atoms with Gasteiger partial charge in [-0.15, -0.1) is 0 Å². The van der Waals surface area contributed by atoms with Gasteiger partial charge in [-0.2, -0.15) is 0 Å². The van der Waals surface area contributed by atoms with Gasteiger partial charge in [0.05, 0.1) is 5.71 Å². The van der Waals surface area contributed by atoms with E-state index in [1.807, 2.05) is 30.3 Å². The first-order valence-corrected chi connectivity index (χ1v) is 6.62. The molecule has 0 spiro atoms. The number of rotatable bonds is 3. The standard InChI is InChI=1S/C15H15N3O3/c1-10-8-13(18-20-10)16-14(19)15(2)9-12(17-21-15)11-6-4-3-5-7-11/h3-8H,9H2,1-2H3,(H,16,18,19)/t15-/m1/s1. The van der Waals surface area contributed by atoms with E-state index in [1.54, 1.807) is 19.9 Å². The van der Waals surface area contributed by atoms with Crippen LogP contribution in [0.25, 0.3) is 0 Å². The van der Waals surface area contributed by atoms with Crippen LogP contribution in [0, 0.1) is 6.92 Å². The van der Waals surface area contributed by atoms with Gasteiger partial charge < -0.3 is 14.7 Å². The van der Waals surface area contributed by atoms with Gasteiger partial charge in [-0.25, -0.2) is 0 Å². The monoisotopic (exact) mass is 285 g/mol. The highest BCUT2D eigenvalue weighted by Crippen LogP contribution is 2.28. The van der Waals surface area contributed by atoms with E-state index in [2.05, 4.69) is 15.6 Å². The molecule has 1 amide bonds. The molecule has 2 aromatic rings. The summed E-state index contributed by atoms with van der Waals surface area (Å²) >= 11 is 0. The molecule has 0 fully saturated rings. The molecule has 0 aliphatic carbocycles. The van der Waals surface area contributed by atoms with Crippen molar-refractivity contribution in [2.45, 2.75) is 25.9 Å². The molecule has 1 N–H and O–H groups in total. The van der Waals surface area contributed by atoms with Gasteiger partial charge in [0.15, 0.2) is 5.82 Å². The molecule has 1 atom stereocenters. The molecule has 6 nitrogen and oxygen atoms in total. The molecule has 1 aliphatic rings. The molecule has 0 bridgehead atoms. The Morgan fingerprint density at radius 2 is 2.10 bits per heavy atom. The quantitative estimate of drug-likeness (QED) is 0.940. The summed E-state index contributed by atoms with van der Waals surface area (Å²) in [6, 6.07) is 11.3. The first kappa shape index (κ1) is 13.4. The number of oxime groups is 1. The summed E-state index contributed by atoms with van der Waals surface area (Å²) in [6.07, 6.45) is 0.402. The molecule has 21 heavy (non-hydrogen) atoms.